The zero-order valence-electron chi connectivity index (χ0n) is 28.4. The van der Waals surface area contributed by atoms with Crippen molar-refractivity contribution in [3.05, 3.63) is 29.8 Å². The number of fused-ring (bicyclic) bond motifs is 7. The number of carbonyl (C=O) groups is 1. The molecule has 6 N–H and O–H groups in total. The largest absolute Gasteiger partial charge is 0.508 e. The van der Waals surface area contributed by atoms with E-state index in [0.29, 0.717) is 40.6 Å². The molecule has 8 heteroatoms. The van der Waals surface area contributed by atoms with Crippen LogP contribution in [0.1, 0.15) is 98.0 Å². The summed E-state index contributed by atoms with van der Waals surface area (Å²) in [6, 6.07) is 8.21. The van der Waals surface area contributed by atoms with Crippen LogP contribution in [0.15, 0.2) is 24.3 Å². The Morgan fingerprint density at radius 2 is 1.71 bits per heavy atom. The van der Waals surface area contributed by atoms with Crippen molar-refractivity contribution in [3.63, 3.8) is 0 Å². The Morgan fingerprint density at radius 1 is 1.02 bits per heavy atom. The molecule has 4 saturated carbocycles. The van der Waals surface area contributed by atoms with Gasteiger partial charge in [-0.05, 0) is 122 Å². The van der Waals surface area contributed by atoms with Gasteiger partial charge in [-0.3, -0.25) is 10.1 Å². The summed E-state index contributed by atoms with van der Waals surface area (Å²) in [5, 5.41) is 24.1. The van der Waals surface area contributed by atoms with Crippen molar-refractivity contribution in [3.8, 4) is 5.75 Å². The second-order valence-corrected chi connectivity index (χ2v) is 16.0. The van der Waals surface area contributed by atoms with Crippen LogP contribution in [0.3, 0.4) is 0 Å². The Kier molecular flexibility index (Phi) is 12.7. The molecule has 1 aromatic rings. The van der Waals surface area contributed by atoms with Crippen molar-refractivity contribution >= 4 is 30.4 Å². The molecule has 1 aromatic carbocycles. The summed E-state index contributed by atoms with van der Waals surface area (Å²) in [6.45, 7) is 14.2. The number of rotatable bonds is 9. The summed E-state index contributed by atoms with van der Waals surface area (Å²) in [5.41, 5.74) is 8.67. The second kappa shape index (κ2) is 15.5. The molecule has 1 saturated heterocycles. The normalized spacial score (nSPS) is 41.2. The first-order chi connectivity index (χ1) is 21.0. The molecule has 0 amide bonds. The van der Waals surface area contributed by atoms with Crippen molar-refractivity contribution < 1.29 is 19.7 Å². The topological polar surface area (TPSA) is 117 Å². The Labute approximate surface area is 289 Å². The predicted molar refractivity (Wildman–Crippen MR) is 192 cm³/mol. The summed E-state index contributed by atoms with van der Waals surface area (Å²) in [4.78, 5) is 8.36. The van der Waals surface area contributed by atoms with E-state index in [1.165, 1.54) is 63.4 Å². The Balaban J connectivity index is 0.00000111. The van der Waals surface area contributed by atoms with Crippen LogP contribution in [0.4, 0.5) is 0 Å². The summed E-state index contributed by atoms with van der Waals surface area (Å²) >= 11 is 0. The van der Waals surface area contributed by atoms with Crippen molar-refractivity contribution in [1.29, 1.82) is 0 Å². The highest BCUT2D eigenvalue weighted by molar-refractivity contribution is 14.0. The van der Waals surface area contributed by atoms with E-state index in [1.54, 1.807) is 12.1 Å². The van der Waals surface area contributed by atoms with Crippen molar-refractivity contribution in [2.24, 2.45) is 58.0 Å². The van der Waals surface area contributed by atoms with Gasteiger partial charge in [-0.1, -0.05) is 53.2 Å². The van der Waals surface area contributed by atoms with Gasteiger partial charge in [-0.2, -0.15) is 0 Å². The molecule has 13 atom stereocenters. The highest BCUT2D eigenvalue weighted by Gasteiger charge is 2.65. The van der Waals surface area contributed by atoms with Gasteiger partial charge < -0.3 is 26.0 Å². The minimum atomic E-state index is -0.250. The number of halogens is 1. The van der Waals surface area contributed by atoms with Crippen LogP contribution in [0.2, 0.25) is 0 Å². The third-order valence-electron chi connectivity index (χ3n) is 13.6. The first-order valence-electron chi connectivity index (χ1n) is 17.8. The molecule has 5 aliphatic rings. The number of hydrogen-bond acceptors (Lipinski definition) is 6. The molecule has 45 heavy (non-hydrogen) atoms. The summed E-state index contributed by atoms with van der Waals surface area (Å²) < 4.78 is 6.82. The molecule has 5 fully saturated rings. The second-order valence-electron chi connectivity index (χ2n) is 16.0. The molecule has 6 rings (SSSR count). The number of carboxylic acid groups (broad SMARTS) is 1. The lowest BCUT2D eigenvalue weighted by Crippen LogP contribution is -2.56. The number of hydrogen-bond donors (Lipinski definition) is 5. The molecular formula is C37H62IN3O4. The number of nitrogens with two attached hydrogens (primary N) is 1. The molecule has 1 heterocycles. The van der Waals surface area contributed by atoms with Gasteiger partial charge in [-0.15, -0.1) is 24.0 Å². The van der Waals surface area contributed by atoms with Crippen molar-refractivity contribution in [1.82, 2.24) is 10.6 Å². The maximum atomic E-state index is 9.56. The number of benzene rings is 1. The fraction of sp³-hybridized carbons (Fsp3) is 0.811. The average molecular weight is 740 g/mol. The van der Waals surface area contributed by atoms with E-state index in [-0.39, 0.29) is 42.7 Å². The molecule has 4 aliphatic carbocycles. The maximum Gasteiger partial charge on any atom is 0.290 e. The Morgan fingerprint density at radius 3 is 2.40 bits per heavy atom. The molecule has 256 valence electrons. The molecule has 1 aliphatic heterocycles. The fourth-order valence-electron chi connectivity index (χ4n) is 11.1. The quantitative estimate of drug-likeness (QED) is 0.140. The van der Waals surface area contributed by atoms with Gasteiger partial charge in [0.05, 0.1) is 6.10 Å². The lowest BCUT2D eigenvalue weighted by atomic mass is 9.44. The molecule has 0 bridgehead atoms. The number of nitrogens with one attached hydrogen (secondary N) is 2. The van der Waals surface area contributed by atoms with Gasteiger partial charge >= 0.3 is 0 Å². The monoisotopic (exact) mass is 739 g/mol. The van der Waals surface area contributed by atoms with Crippen LogP contribution >= 0.6 is 24.0 Å². The zero-order valence-corrected chi connectivity index (χ0v) is 30.7. The van der Waals surface area contributed by atoms with Crippen LogP contribution < -0.4 is 16.4 Å². The lowest BCUT2D eigenvalue weighted by molar-refractivity contribution is -0.122. The van der Waals surface area contributed by atoms with Crippen LogP contribution in [0.25, 0.3) is 0 Å². The van der Waals surface area contributed by atoms with E-state index in [0.717, 1.165) is 49.1 Å². The number of ether oxygens (including phenoxy) is 1. The van der Waals surface area contributed by atoms with Gasteiger partial charge in [-0.25, -0.2) is 0 Å². The molecule has 0 aromatic heterocycles. The predicted octanol–water partition coefficient (Wildman–Crippen LogP) is 6.80. The van der Waals surface area contributed by atoms with Crippen LogP contribution in [0.5, 0.6) is 5.75 Å². The number of phenols is 1. The highest BCUT2D eigenvalue weighted by atomic mass is 127. The van der Waals surface area contributed by atoms with Crippen LogP contribution in [-0.4, -0.2) is 54.2 Å². The maximum absolute atomic E-state index is 9.56. The minimum Gasteiger partial charge on any atom is -0.508 e. The molecule has 7 nitrogen and oxygen atoms in total. The van der Waals surface area contributed by atoms with Gasteiger partial charge in [0.2, 0.25) is 0 Å². The van der Waals surface area contributed by atoms with Gasteiger partial charge in [0.25, 0.3) is 6.47 Å². The van der Waals surface area contributed by atoms with E-state index < -0.39 is 0 Å². The third kappa shape index (κ3) is 7.55. The van der Waals surface area contributed by atoms with E-state index >= 15 is 0 Å². The average Bonchev–Trinajstić information content (AvgIpc) is 3.49. The fourth-order valence-corrected chi connectivity index (χ4v) is 11.1. The Hall–Kier alpha value is -0.940. The van der Waals surface area contributed by atoms with E-state index in [2.05, 4.69) is 45.3 Å². The van der Waals surface area contributed by atoms with Crippen molar-refractivity contribution in [2.75, 3.05) is 13.1 Å². The molecule has 4 unspecified atom stereocenters. The van der Waals surface area contributed by atoms with E-state index in [1.807, 2.05) is 12.1 Å². The number of phenolic OH excluding ortho intramolecular Hbond substituents is 1. The molecule has 0 spiro atoms. The summed E-state index contributed by atoms with van der Waals surface area (Å²) in [7, 11) is 0. The smallest absolute Gasteiger partial charge is 0.290 e. The first kappa shape index (κ1) is 36.9. The Bertz CT molecular complexity index is 1090. The lowest BCUT2D eigenvalue weighted by Gasteiger charge is -2.61. The first-order valence-corrected chi connectivity index (χ1v) is 17.8. The zero-order chi connectivity index (χ0) is 31.6. The highest BCUT2D eigenvalue weighted by Crippen LogP contribution is 2.69. The van der Waals surface area contributed by atoms with Gasteiger partial charge in [0.1, 0.15) is 12.0 Å². The minimum absolute atomic E-state index is 0. The van der Waals surface area contributed by atoms with Crippen molar-refractivity contribution in [2.45, 2.75) is 123 Å². The third-order valence-corrected chi connectivity index (χ3v) is 13.6. The molecular weight excluding hydrogens is 677 g/mol. The van der Waals surface area contributed by atoms with E-state index in [4.69, 9.17) is 20.4 Å². The summed E-state index contributed by atoms with van der Waals surface area (Å²) in [5.74, 6) is 5.85. The SMILES string of the molecule is CC[C@H](C)CN[C@H]1O[C@H]2CC3[C@@H]4CCC5C[C@@H](NC[C@@H](N)Cc6ccc(O)cc6)CC[C@]5(C)C4CC[C@]3(C)C2[C@@H]1C.I.O=CO. The van der Waals surface area contributed by atoms with Gasteiger partial charge in [0.15, 0.2) is 0 Å². The molecule has 0 radical (unpaired) electrons. The summed E-state index contributed by atoms with van der Waals surface area (Å²) in [6.07, 6.45) is 13.8. The standard InChI is InChI=1S/C36H59N3O2.CH2O2.HI/c1-6-22(2)20-39-34-23(3)33-32(41-34)19-31-29-12-9-25-18-27(13-15-35(25,4)30(29)14-16-36(31,33)5)38-21-26(37)17-24-7-10-28(40)11-8-24;2-1-3;/h7-8,10-11,22-23,25-27,29-34,38-40H,6,9,12-21,37H2,1-5H3;1H,(H,2,3);1H/t22-,23-,25?,26-,27-,29+,30?,31?,32-,33?,34-,35-,36-;;/m0../s1. The van der Waals surface area contributed by atoms with E-state index in [9.17, 15) is 5.11 Å². The number of aromatic hydroxyl groups is 1. The van der Waals surface area contributed by atoms with Gasteiger partial charge in [0, 0.05) is 31.1 Å². The van der Waals surface area contributed by atoms with Crippen LogP contribution in [-0.2, 0) is 16.0 Å². The van der Waals surface area contributed by atoms with Crippen LogP contribution in [0, 0.1) is 52.3 Å².